The molecule has 0 aliphatic heterocycles. The number of carbonyl (C=O) groups excluding carboxylic acids is 2. The van der Waals surface area contributed by atoms with Crippen LogP contribution in [0.3, 0.4) is 0 Å². The van der Waals surface area contributed by atoms with Crippen LogP contribution in [0.1, 0.15) is 18.1 Å². The number of rotatable bonds is 7. The van der Waals surface area contributed by atoms with Crippen molar-refractivity contribution in [3.8, 4) is 5.75 Å². The lowest BCUT2D eigenvalue weighted by Crippen LogP contribution is -2.37. The van der Waals surface area contributed by atoms with Crippen LogP contribution in [-0.2, 0) is 17.8 Å². The summed E-state index contributed by atoms with van der Waals surface area (Å²) in [4.78, 5) is 24.7. The normalized spacial score (nSPS) is 10.2. The second-order valence-corrected chi connectivity index (χ2v) is 6.18. The van der Waals surface area contributed by atoms with Crippen LogP contribution in [0.25, 0.3) is 0 Å². The number of hydrogen-bond acceptors (Lipinski definition) is 3. The van der Waals surface area contributed by atoms with Gasteiger partial charge in [-0.25, -0.2) is 9.18 Å². The number of hydrogen-bond donors (Lipinski definition) is 2. The first-order valence-corrected chi connectivity index (χ1v) is 8.57. The molecule has 144 valence electrons. The molecule has 0 radical (unpaired) electrons. The largest absolute Gasteiger partial charge is 0.494 e. The molecule has 0 saturated heterocycles. The molecular formula is C20H24FN3O3. The highest BCUT2D eigenvalue weighted by atomic mass is 19.1. The summed E-state index contributed by atoms with van der Waals surface area (Å²) < 4.78 is 18.6. The van der Waals surface area contributed by atoms with Crippen molar-refractivity contribution >= 4 is 17.6 Å². The van der Waals surface area contributed by atoms with Crippen molar-refractivity contribution in [1.82, 2.24) is 10.2 Å². The molecule has 7 heteroatoms. The van der Waals surface area contributed by atoms with Gasteiger partial charge >= 0.3 is 6.03 Å². The van der Waals surface area contributed by atoms with Crippen LogP contribution in [-0.4, -0.2) is 37.5 Å². The van der Waals surface area contributed by atoms with E-state index in [2.05, 4.69) is 10.6 Å². The molecule has 0 fully saturated rings. The van der Waals surface area contributed by atoms with Crippen LogP contribution in [0.4, 0.5) is 14.9 Å². The summed E-state index contributed by atoms with van der Waals surface area (Å²) in [7, 11) is 3.06. The van der Waals surface area contributed by atoms with Gasteiger partial charge in [0.05, 0.1) is 7.11 Å². The molecule has 0 spiro atoms. The minimum absolute atomic E-state index is 0.116. The van der Waals surface area contributed by atoms with Gasteiger partial charge < -0.3 is 20.3 Å². The molecule has 27 heavy (non-hydrogen) atoms. The summed E-state index contributed by atoms with van der Waals surface area (Å²) in [5, 5.41) is 5.54. The Morgan fingerprint density at radius 3 is 2.37 bits per heavy atom. The van der Waals surface area contributed by atoms with E-state index in [0.29, 0.717) is 18.5 Å². The average Bonchev–Trinajstić information content (AvgIpc) is 2.62. The van der Waals surface area contributed by atoms with Gasteiger partial charge in [-0.15, -0.1) is 0 Å². The molecule has 2 aromatic rings. The van der Waals surface area contributed by atoms with Crippen molar-refractivity contribution < 1.29 is 18.7 Å². The molecule has 3 amide bonds. The Kier molecular flexibility index (Phi) is 7.16. The fourth-order valence-corrected chi connectivity index (χ4v) is 2.56. The fourth-order valence-electron chi connectivity index (χ4n) is 2.56. The van der Waals surface area contributed by atoms with E-state index in [-0.39, 0.29) is 24.2 Å². The Morgan fingerprint density at radius 2 is 1.78 bits per heavy atom. The Bertz CT molecular complexity index is 794. The van der Waals surface area contributed by atoms with E-state index in [0.717, 1.165) is 11.3 Å². The summed E-state index contributed by atoms with van der Waals surface area (Å²) in [5.74, 6) is -0.392. The predicted molar refractivity (Wildman–Crippen MR) is 102 cm³/mol. The van der Waals surface area contributed by atoms with E-state index in [1.54, 1.807) is 19.2 Å². The molecule has 2 N–H and O–H groups in total. The lowest BCUT2D eigenvalue weighted by atomic mass is 10.1. The third-order valence-corrected chi connectivity index (χ3v) is 3.95. The highest BCUT2D eigenvalue weighted by Gasteiger charge is 2.10. The van der Waals surface area contributed by atoms with Gasteiger partial charge in [-0.05, 0) is 41.8 Å². The Morgan fingerprint density at radius 1 is 1.11 bits per heavy atom. The Labute approximate surface area is 158 Å². The van der Waals surface area contributed by atoms with Crippen molar-refractivity contribution in [1.29, 1.82) is 0 Å². The van der Waals surface area contributed by atoms with Gasteiger partial charge in [0.1, 0.15) is 0 Å². The van der Waals surface area contributed by atoms with E-state index in [1.807, 2.05) is 24.3 Å². The predicted octanol–water partition coefficient (Wildman–Crippen LogP) is 3.18. The van der Waals surface area contributed by atoms with Crippen LogP contribution in [0, 0.1) is 5.82 Å². The monoisotopic (exact) mass is 373 g/mol. The molecule has 0 saturated carbocycles. The van der Waals surface area contributed by atoms with Crippen LogP contribution in [0.2, 0.25) is 0 Å². The van der Waals surface area contributed by atoms with E-state index in [4.69, 9.17) is 4.74 Å². The third kappa shape index (κ3) is 6.29. The third-order valence-electron chi connectivity index (χ3n) is 3.95. The zero-order chi connectivity index (χ0) is 19.8. The van der Waals surface area contributed by atoms with Gasteiger partial charge in [-0.1, -0.05) is 18.2 Å². The molecule has 0 aromatic heterocycles. The van der Waals surface area contributed by atoms with Crippen molar-refractivity contribution in [2.45, 2.75) is 19.9 Å². The highest BCUT2D eigenvalue weighted by molar-refractivity contribution is 5.88. The second kappa shape index (κ2) is 9.56. The van der Waals surface area contributed by atoms with Gasteiger partial charge in [0.2, 0.25) is 5.91 Å². The number of benzene rings is 2. The van der Waals surface area contributed by atoms with Crippen LogP contribution in [0.15, 0.2) is 42.5 Å². The van der Waals surface area contributed by atoms with E-state index in [1.165, 1.54) is 25.0 Å². The maximum absolute atomic E-state index is 13.7. The first kappa shape index (κ1) is 20.2. The fraction of sp³-hybridized carbons (Fsp3) is 0.300. The SMILES string of the molecule is COc1ccc(CN(C)C(=O)NCCc2ccc(NC(C)=O)cc2)cc1F. The number of methoxy groups -OCH3 is 1. The van der Waals surface area contributed by atoms with Gasteiger partial charge in [-0.3, -0.25) is 4.79 Å². The molecule has 6 nitrogen and oxygen atoms in total. The molecule has 0 aliphatic rings. The number of halogens is 1. The van der Waals surface area contributed by atoms with Gasteiger partial charge in [0, 0.05) is 32.7 Å². The molecule has 2 aromatic carbocycles. The van der Waals surface area contributed by atoms with Crippen LogP contribution >= 0.6 is 0 Å². The summed E-state index contributed by atoms with van der Waals surface area (Å²) in [6, 6.07) is 11.8. The van der Waals surface area contributed by atoms with Gasteiger partial charge in [0.15, 0.2) is 11.6 Å². The number of carbonyl (C=O) groups is 2. The zero-order valence-electron chi connectivity index (χ0n) is 15.7. The second-order valence-electron chi connectivity index (χ2n) is 6.18. The summed E-state index contributed by atoms with van der Waals surface area (Å²) in [6.07, 6.45) is 0.664. The minimum atomic E-state index is -0.452. The Balaban J connectivity index is 1.79. The highest BCUT2D eigenvalue weighted by Crippen LogP contribution is 2.18. The van der Waals surface area contributed by atoms with Crippen LogP contribution in [0.5, 0.6) is 5.75 Å². The first-order chi connectivity index (χ1) is 12.9. The molecule has 0 heterocycles. The van der Waals surface area contributed by atoms with E-state index < -0.39 is 5.82 Å². The number of ether oxygens (including phenoxy) is 1. The van der Waals surface area contributed by atoms with Crippen molar-refractivity contribution in [2.24, 2.45) is 0 Å². The van der Waals surface area contributed by atoms with Crippen molar-refractivity contribution in [2.75, 3.05) is 26.0 Å². The summed E-state index contributed by atoms with van der Waals surface area (Å²) in [5.41, 5.74) is 2.46. The van der Waals surface area contributed by atoms with Crippen molar-refractivity contribution in [3.05, 3.63) is 59.4 Å². The number of nitrogens with one attached hydrogen (secondary N) is 2. The number of anilines is 1. The summed E-state index contributed by atoms with van der Waals surface area (Å²) >= 11 is 0. The van der Waals surface area contributed by atoms with E-state index >= 15 is 0 Å². The lowest BCUT2D eigenvalue weighted by molar-refractivity contribution is -0.114. The summed E-state index contributed by atoms with van der Waals surface area (Å²) in [6.45, 7) is 2.22. The maximum Gasteiger partial charge on any atom is 0.317 e. The van der Waals surface area contributed by atoms with Crippen LogP contribution < -0.4 is 15.4 Å². The Hall–Kier alpha value is -3.09. The van der Waals surface area contributed by atoms with E-state index in [9.17, 15) is 14.0 Å². The van der Waals surface area contributed by atoms with Gasteiger partial charge in [-0.2, -0.15) is 0 Å². The zero-order valence-corrected chi connectivity index (χ0v) is 15.7. The van der Waals surface area contributed by atoms with Gasteiger partial charge in [0.25, 0.3) is 0 Å². The molecular weight excluding hydrogens is 349 g/mol. The molecule has 0 unspecified atom stereocenters. The molecule has 0 bridgehead atoms. The molecule has 0 atom stereocenters. The number of amides is 3. The number of nitrogens with zero attached hydrogens (tertiary/aromatic N) is 1. The number of urea groups is 1. The van der Waals surface area contributed by atoms with Crippen molar-refractivity contribution in [3.63, 3.8) is 0 Å². The standard InChI is InChI=1S/C20H24FN3O3/c1-14(25)23-17-7-4-15(5-8-17)10-11-22-20(26)24(2)13-16-6-9-19(27-3)18(21)12-16/h4-9,12H,10-11,13H2,1-3H3,(H,22,26)(H,23,25). The molecule has 2 rings (SSSR count). The maximum atomic E-state index is 13.7. The quantitative estimate of drug-likeness (QED) is 0.783. The molecule has 0 aliphatic carbocycles. The smallest absolute Gasteiger partial charge is 0.317 e. The first-order valence-electron chi connectivity index (χ1n) is 8.57. The topological polar surface area (TPSA) is 70.7 Å². The lowest BCUT2D eigenvalue weighted by Gasteiger charge is -2.18. The minimum Gasteiger partial charge on any atom is -0.494 e. The average molecular weight is 373 g/mol.